The fraction of sp³-hybridized carbons (Fsp3) is 0.440. The van der Waals surface area contributed by atoms with Gasteiger partial charge in [0.25, 0.3) is 0 Å². The third-order valence-corrected chi connectivity index (χ3v) is 5.97. The summed E-state index contributed by atoms with van der Waals surface area (Å²) in [5, 5.41) is 5.95. The molecule has 7 nitrogen and oxygen atoms in total. The lowest BCUT2D eigenvalue weighted by atomic mass is 10.1. The fourth-order valence-electron chi connectivity index (χ4n) is 3.67. The van der Waals surface area contributed by atoms with Crippen LogP contribution in [0.25, 0.3) is 0 Å². The lowest BCUT2D eigenvalue weighted by Crippen LogP contribution is -2.53. The van der Waals surface area contributed by atoms with E-state index < -0.39 is 0 Å². The molecular formula is C25H33BrFN5O2. The van der Waals surface area contributed by atoms with Crippen LogP contribution >= 0.6 is 15.9 Å². The molecule has 0 atom stereocenters. The van der Waals surface area contributed by atoms with Crippen molar-refractivity contribution in [1.29, 1.82) is 0 Å². The van der Waals surface area contributed by atoms with Gasteiger partial charge in [-0.25, -0.2) is 14.0 Å². The second-order valence-corrected chi connectivity index (χ2v) is 10.4. The molecule has 0 aliphatic carbocycles. The highest BCUT2D eigenvalue weighted by Crippen LogP contribution is 2.16. The van der Waals surface area contributed by atoms with E-state index in [1.807, 2.05) is 45.0 Å². The van der Waals surface area contributed by atoms with Gasteiger partial charge in [0.15, 0.2) is 0 Å². The fourth-order valence-corrected chi connectivity index (χ4v) is 4.07. The Morgan fingerprint density at radius 1 is 1.06 bits per heavy atom. The summed E-state index contributed by atoms with van der Waals surface area (Å²) >= 11 is 3.41. The first-order valence-electron chi connectivity index (χ1n) is 11.4. The van der Waals surface area contributed by atoms with Crippen LogP contribution in [-0.2, 0) is 6.54 Å². The van der Waals surface area contributed by atoms with Gasteiger partial charge in [0.05, 0.1) is 0 Å². The zero-order chi connectivity index (χ0) is 24.7. The maximum atomic E-state index is 13.3. The lowest BCUT2D eigenvalue weighted by Gasteiger charge is -2.36. The van der Waals surface area contributed by atoms with Gasteiger partial charge in [-0.05, 0) is 56.7 Å². The van der Waals surface area contributed by atoms with Gasteiger partial charge in [0.2, 0.25) is 0 Å². The summed E-state index contributed by atoms with van der Waals surface area (Å²) in [5.74, 6) is -0.295. The van der Waals surface area contributed by atoms with Crippen molar-refractivity contribution in [3.8, 4) is 0 Å². The summed E-state index contributed by atoms with van der Waals surface area (Å²) in [6.07, 6.45) is 0. The van der Waals surface area contributed by atoms with Crippen molar-refractivity contribution in [3.63, 3.8) is 0 Å². The smallest absolute Gasteiger partial charge is 0.321 e. The number of benzene rings is 2. The largest absolute Gasteiger partial charge is 0.333 e. The summed E-state index contributed by atoms with van der Waals surface area (Å²) in [5.41, 5.74) is 1.27. The van der Waals surface area contributed by atoms with Crippen molar-refractivity contribution < 1.29 is 14.0 Å². The Morgan fingerprint density at radius 3 is 2.35 bits per heavy atom. The molecule has 2 N–H and O–H groups in total. The second kappa shape index (κ2) is 11.7. The van der Waals surface area contributed by atoms with Crippen LogP contribution in [0.1, 0.15) is 26.3 Å². The number of halogens is 2. The number of nitrogens with one attached hydrogen (secondary N) is 2. The molecule has 2 aromatic carbocycles. The first-order chi connectivity index (χ1) is 16.1. The minimum Gasteiger partial charge on any atom is -0.333 e. The standard InChI is InChI=1S/C25H33BrFN5O2/c1-25(2,3)29-24(34)32(18-19-7-9-21(27)10-8-19)16-13-30-11-14-31(15-12-30)23(33)28-22-6-4-5-20(26)17-22/h4-10,17H,11-16,18H2,1-3H3,(H,28,33)(H,29,34). The SMILES string of the molecule is CC(C)(C)NC(=O)N(CCN1CCN(C(=O)Nc2cccc(Br)c2)CC1)Cc1ccc(F)cc1. The molecule has 4 amide bonds. The number of carbonyl (C=O) groups excluding carboxylic acids is 2. The highest BCUT2D eigenvalue weighted by Gasteiger charge is 2.24. The second-order valence-electron chi connectivity index (χ2n) is 9.50. The maximum absolute atomic E-state index is 13.3. The number of nitrogens with zero attached hydrogens (tertiary/aromatic N) is 3. The Bertz CT molecular complexity index is 972. The van der Waals surface area contributed by atoms with Gasteiger partial charge < -0.3 is 20.4 Å². The molecule has 0 aromatic heterocycles. The van der Waals surface area contributed by atoms with Crippen LogP contribution in [0, 0.1) is 5.82 Å². The number of urea groups is 2. The quantitative estimate of drug-likeness (QED) is 0.563. The van der Waals surface area contributed by atoms with Crippen molar-refractivity contribution in [1.82, 2.24) is 20.0 Å². The van der Waals surface area contributed by atoms with Crippen LogP contribution in [-0.4, -0.2) is 71.6 Å². The number of hydrogen-bond acceptors (Lipinski definition) is 3. The monoisotopic (exact) mass is 533 g/mol. The normalized spacial score (nSPS) is 14.6. The number of anilines is 1. The Hall–Kier alpha value is -2.65. The maximum Gasteiger partial charge on any atom is 0.321 e. The van der Waals surface area contributed by atoms with Crippen molar-refractivity contribution in [3.05, 3.63) is 64.4 Å². The zero-order valence-electron chi connectivity index (χ0n) is 20.0. The number of piperazine rings is 1. The molecule has 0 saturated carbocycles. The Labute approximate surface area is 209 Å². The van der Waals surface area contributed by atoms with Crippen LogP contribution < -0.4 is 10.6 Å². The summed E-state index contributed by atoms with van der Waals surface area (Å²) < 4.78 is 14.2. The van der Waals surface area contributed by atoms with Crippen molar-refractivity contribution in [2.45, 2.75) is 32.9 Å². The van der Waals surface area contributed by atoms with E-state index in [1.54, 1.807) is 21.9 Å². The van der Waals surface area contributed by atoms with Crippen LogP contribution in [0.4, 0.5) is 19.7 Å². The number of rotatable bonds is 6. The summed E-state index contributed by atoms with van der Waals surface area (Å²) in [6, 6.07) is 13.5. The summed E-state index contributed by atoms with van der Waals surface area (Å²) in [7, 11) is 0. The molecule has 1 heterocycles. The Kier molecular flexibility index (Phi) is 8.90. The Balaban J connectivity index is 1.52. The lowest BCUT2D eigenvalue weighted by molar-refractivity contribution is 0.132. The van der Waals surface area contributed by atoms with Crippen LogP contribution in [0.2, 0.25) is 0 Å². The molecule has 9 heteroatoms. The van der Waals surface area contributed by atoms with Gasteiger partial charge in [-0.3, -0.25) is 4.90 Å². The third-order valence-electron chi connectivity index (χ3n) is 5.48. The number of carbonyl (C=O) groups is 2. The number of amides is 4. The van der Waals surface area contributed by atoms with E-state index in [0.717, 1.165) is 28.8 Å². The minimum absolute atomic E-state index is 0.111. The van der Waals surface area contributed by atoms with E-state index in [2.05, 4.69) is 31.5 Å². The van der Waals surface area contributed by atoms with E-state index >= 15 is 0 Å². The van der Waals surface area contributed by atoms with Crippen LogP contribution in [0.5, 0.6) is 0 Å². The van der Waals surface area contributed by atoms with Crippen molar-refractivity contribution in [2.24, 2.45) is 0 Å². The van der Waals surface area contributed by atoms with Crippen molar-refractivity contribution >= 4 is 33.7 Å². The molecule has 2 aromatic rings. The zero-order valence-corrected chi connectivity index (χ0v) is 21.6. The molecule has 184 valence electrons. The van der Waals surface area contributed by atoms with Gasteiger partial charge in [0, 0.05) is 61.5 Å². The first-order valence-corrected chi connectivity index (χ1v) is 12.2. The predicted molar refractivity (Wildman–Crippen MR) is 136 cm³/mol. The van der Waals surface area contributed by atoms with Crippen LogP contribution in [0.15, 0.2) is 53.0 Å². The topological polar surface area (TPSA) is 67.9 Å². The third kappa shape index (κ3) is 8.29. The number of hydrogen-bond donors (Lipinski definition) is 2. The molecule has 0 radical (unpaired) electrons. The van der Waals surface area contributed by atoms with Gasteiger partial charge in [-0.2, -0.15) is 0 Å². The molecule has 1 aliphatic rings. The highest BCUT2D eigenvalue weighted by atomic mass is 79.9. The van der Waals surface area contributed by atoms with E-state index in [9.17, 15) is 14.0 Å². The van der Waals surface area contributed by atoms with Crippen LogP contribution in [0.3, 0.4) is 0 Å². The van der Waals surface area contributed by atoms with Crippen molar-refractivity contribution in [2.75, 3.05) is 44.6 Å². The molecule has 34 heavy (non-hydrogen) atoms. The van der Waals surface area contributed by atoms with E-state index in [1.165, 1.54) is 12.1 Å². The summed E-state index contributed by atoms with van der Waals surface area (Å²) in [6.45, 7) is 10.2. The van der Waals surface area contributed by atoms with Gasteiger partial charge in [-0.1, -0.05) is 34.1 Å². The average Bonchev–Trinajstić information content (AvgIpc) is 2.77. The molecule has 0 bridgehead atoms. The van der Waals surface area contributed by atoms with Gasteiger partial charge in [0.1, 0.15) is 5.82 Å². The molecule has 0 unspecified atom stereocenters. The minimum atomic E-state index is -0.356. The molecule has 1 fully saturated rings. The first kappa shape index (κ1) is 26.0. The van der Waals surface area contributed by atoms with E-state index in [0.29, 0.717) is 32.7 Å². The average molecular weight is 534 g/mol. The van der Waals surface area contributed by atoms with Gasteiger partial charge >= 0.3 is 12.1 Å². The molecule has 0 spiro atoms. The summed E-state index contributed by atoms with van der Waals surface area (Å²) in [4.78, 5) is 31.3. The molecular weight excluding hydrogens is 501 g/mol. The van der Waals surface area contributed by atoms with Gasteiger partial charge in [-0.15, -0.1) is 0 Å². The van der Waals surface area contributed by atoms with E-state index in [4.69, 9.17) is 0 Å². The Morgan fingerprint density at radius 2 is 1.74 bits per heavy atom. The molecule has 3 rings (SSSR count). The molecule has 1 aliphatic heterocycles. The van der Waals surface area contributed by atoms with E-state index in [-0.39, 0.29) is 23.4 Å². The molecule has 1 saturated heterocycles. The highest BCUT2D eigenvalue weighted by molar-refractivity contribution is 9.10. The predicted octanol–water partition coefficient (Wildman–Crippen LogP) is 4.75.